The van der Waals surface area contributed by atoms with Crippen LogP contribution in [0, 0.1) is 0 Å². The summed E-state index contributed by atoms with van der Waals surface area (Å²) in [5, 5.41) is 7.49. The number of hydrogen-bond donors (Lipinski definition) is 1. The van der Waals surface area contributed by atoms with Gasteiger partial charge in [0.25, 0.3) is 0 Å². The lowest BCUT2D eigenvalue weighted by molar-refractivity contribution is 0.316. The van der Waals surface area contributed by atoms with Gasteiger partial charge < -0.3 is 9.84 Å². The van der Waals surface area contributed by atoms with Crippen LogP contribution in [0.3, 0.4) is 0 Å². The zero-order valence-electron chi connectivity index (χ0n) is 13.0. The molecule has 7 heteroatoms. The lowest BCUT2D eigenvalue weighted by Crippen LogP contribution is -2.33. The van der Waals surface area contributed by atoms with E-state index in [1.807, 2.05) is 0 Å². The van der Waals surface area contributed by atoms with Gasteiger partial charge in [-0.05, 0) is 25.8 Å². The van der Waals surface area contributed by atoms with Crippen LogP contribution in [-0.2, 0) is 9.84 Å². The summed E-state index contributed by atoms with van der Waals surface area (Å²) in [5.41, 5.74) is 0. The molecule has 0 radical (unpaired) electrons. The summed E-state index contributed by atoms with van der Waals surface area (Å²) in [6, 6.07) is 0.297. The molecule has 1 aromatic rings. The molecule has 1 aliphatic rings. The molecule has 2 rings (SSSR count). The smallest absolute Gasteiger partial charge is 0.231 e. The highest BCUT2D eigenvalue weighted by Gasteiger charge is 2.33. The first-order chi connectivity index (χ1) is 9.96. The predicted octanol–water partition coefficient (Wildman–Crippen LogP) is 1.85. The minimum absolute atomic E-state index is 0.108. The molecule has 0 spiro atoms. The van der Waals surface area contributed by atoms with Crippen LogP contribution in [0.1, 0.15) is 63.6 Å². The highest BCUT2D eigenvalue weighted by molar-refractivity contribution is 7.91. The van der Waals surface area contributed by atoms with E-state index in [1.165, 1.54) is 0 Å². The van der Waals surface area contributed by atoms with Crippen molar-refractivity contribution in [2.45, 2.75) is 57.9 Å². The second kappa shape index (κ2) is 6.87. The zero-order chi connectivity index (χ0) is 15.5. The van der Waals surface area contributed by atoms with Crippen molar-refractivity contribution in [3.63, 3.8) is 0 Å². The van der Waals surface area contributed by atoms with E-state index in [2.05, 4.69) is 36.2 Å². The Bertz CT molecular complexity index is 556. The maximum atomic E-state index is 11.5. The molecule has 2 heterocycles. The van der Waals surface area contributed by atoms with Crippen molar-refractivity contribution >= 4 is 9.84 Å². The summed E-state index contributed by atoms with van der Waals surface area (Å²) in [5.74, 6) is 1.54. The minimum atomic E-state index is -2.92. The molecule has 21 heavy (non-hydrogen) atoms. The highest BCUT2D eigenvalue weighted by atomic mass is 32.2. The molecule has 1 fully saturated rings. The van der Waals surface area contributed by atoms with Crippen molar-refractivity contribution < 1.29 is 12.9 Å². The summed E-state index contributed by atoms with van der Waals surface area (Å²) < 4.78 is 28.4. The molecule has 0 bridgehead atoms. The van der Waals surface area contributed by atoms with Crippen LogP contribution in [0.4, 0.5) is 0 Å². The molecule has 1 aliphatic heterocycles. The topological polar surface area (TPSA) is 85.1 Å². The molecule has 0 aromatic carbocycles. The molecule has 0 aliphatic carbocycles. The van der Waals surface area contributed by atoms with Crippen molar-refractivity contribution in [3.8, 4) is 0 Å². The van der Waals surface area contributed by atoms with E-state index in [-0.39, 0.29) is 23.3 Å². The van der Waals surface area contributed by atoms with Crippen LogP contribution < -0.4 is 5.32 Å². The molecule has 1 N–H and O–H groups in total. The van der Waals surface area contributed by atoms with E-state index in [0.29, 0.717) is 24.2 Å². The monoisotopic (exact) mass is 315 g/mol. The Kier molecular flexibility index (Phi) is 5.37. The quantitative estimate of drug-likeness (QED) is 0.826. The molecular formula is C14H25N3O3S. The van der Waals surface area contributed by atoms with Gasteiger partial charge in [0.1, 0.15) is 0 Å². The Morgan fingerprint density at radius 2 is 2.19 bits per heavy atom. The van der Waals surface area contributed by atoms with Crippen LogP contribution in [0.15, 0.2) is 4.52 Å². The average molecular weight is 315 g/mol. The Balaban J connectivity index is 2.05. The maximum absolute atomic E-state index is 11.5. The van der Waals surface area contributed by atoms with Gasteiger partial charge in [-0.1, -0.05) is 25.9 Å². The minimum Gasteiger partial charge on any atom is -0.339 e. The van der Waals surface area contributed by atoms with Gasteiger partial charge in [0.15, 0.2) is 15.7 Å². The highest BCUT2D eigenvalue weighted by Crippen LogP contribution is 2.28. The van der Waals surface area contributed by atoms with Crippen LogP contribution in [0.5, 0.6) is 0 Å². The Morgan fingerprint density at radius 1 is 1.43 bits per heavy atom. The van der Waals surface area contributed by atoms with Crippen LogP contribution in [0.25, 0.3) is 0 Å². The number of sulfone groups is 1. The van der Waals surface area contributed by atoms with Gasteiger partial charge >= 0.3 is 0 Å². The van der Waals surface area contributed by atoms with Gasteiger partial charge in [0.05, 0.1) is 17.4 Å². The summed E-state index contributed by atoms with van der Waals surface area (Å²) in [7, 11) is -2.92. The Morgan fingerprint density at radius 3 is 2.76 bits per heavy atom. The normalized spacial score (nSPS) is 24.0. The fraction of sp³-hybridized carbons (Fsp3) is 0.857. The van der Waals surface area contributed by atoms with Crippen LogP contribution >= 0.6 is 0 Å². The molecule has 6 nitrogen and oxygen atoms in total. The summed E-state index contributed by atoms with van der Waals surface area (Å²) in [6.45, 7) is 7.30. The van der Waals surface area contributed by atoms with Crippen molar-refractivity contribution in [3.05, 3.63) is 11.7 Å². The van der Waals surface area contributed by atoms with E-state index in [0.717, 1.165) is 19.4 Å². The molecular weight excluding hydrogens is 290 g/mol. The number of rotatable bonds is 7. The van der Waals surface area contributed by atoms with Gasteiger partial charge in [-0.3, -0.25) is 0 Å². The molecule has 0 saturated carbocycles. The van der Waals surface area contributed by atoms with Crippen molar-refractivity contribution in [1.29, 1.82) is 0 Å². The van der Waals surface area contributed by atoms with Gasteiger partial charge in [0, 0.05) is 12.0 Å². The van der Waals surface area contributed by atoms with Gasteiger partial charge in [-0.25, -0.2) is 8.42 Å². The van der Waals surface area contributed by atoms with Crippen molar-refractivity contribution in [1.82, 2.24) is 15.5 Å². The number of hydrogen-bond acceptors (Lipinski definition) is 6. The molecule has 120 valence electrons. The lowest BCUT2D eigenvalue weighted by atomic mass is 9.99. The fourth-order valence-electron chi connectivity index (χ4n) is 2.77. The molecule has 3 atom stereocenters. The van der Waals surface area contributed by atoms with Gasteiger partial charge in [0.2, 0.25) is 5.89 Å². The second-order valence-corrected chi connectivity index (χ2v) is 8.08. The first-order valence-corrected chi connectivity index (χ1v) is 9.56. The molecule has 1 saturated heterocycles. The Hall–Kier alpha value is -0.950. The number of nitrogens with zero attached hydrogens (tertiary/aromatic N) is 2. The standard InChI is InChI=1S/C14H25N3O3S/c1-4-7-15-12(5-2)10(3)14-16-13(17-20-14)11-6-8-21(18,19)9-11/h10-12,15H,4-9H2,1-3H3. The van der Waals surface area contributed by atoms with E-state index in [4.69, 9.17) is 4.52 Å². The molecule has 3 unspecified atom stereocenters. The third-order valence-corrected chi connectivity index (χ3v) is 5.91. The van der Waals surface area contributed by atoms with E-state index < -0.39 is 9.84 Å². The first-order valence-electron chi connectivity index (χ1n) is 7.74. The molecule has 0 amide bonds. The Labute approximate surface area is 126 Å². The average Bonchev–Trinajstić information content (AvgIpc) is 3.05. The van der Waals surface area contributed by atoms with Crippen LogP contribution in [-0.4, -0.2) is 42.7 Å². The SMILES string of the molecule is CCCNC(CC)C(C)c1nc(C2CCS(=O)(=O)C2)no1. The van der Waals surface area contributed by atoms with Crippen molar-refractivity contribution in [2.75, 3.05) is 18.1 Å². The van der Waals surface area contributed by atoms with Crippen LogP contribution in [0.2, 0.25) is 0 Å². The van der Waals surface area contributed by atoms with E-state index in [1.54, 1.807) is 0 Å². The van der Waals surface area contributed by atoms with Gasteiger partial charge in [-0.15, -0.1) is 0 Å². The van der Waals surface area contributed by atoms with Crippen molar-refractivity contribution in [2.24, 2.45) is 0 Å². The van der Waals surface area contributed by atoms with E-state index >= 15 is 0 Å². The third kappa shape index (κ3) is 4.03. The first kappa shape index (κ1) is 16.4. The second-order valence-electron chi connectivity index (χ2n) is 5.85. The van der Waals surface area contributed by atoms with E-state index in [9.17, 15) is 8.42 Å². The number of nitrogens with one attached hydrogen (secondary N) is 1. The summed E-state index contributed by atoms with van der Waals surface area (Å²) >= 11 is 0. The summed E-state index contributed by atoms with van der Waals surface area (Å²) in [6.07, 6.45) is 2.66. The predicted molar refractivity (Wildman–Crippen MR) is 81.1 cm³/mol. The number of aromatic nitrogens is 2. The largest absolute Gasteiger partial charge is 0.339 e. The lowest BCUT2D eigenvalue weighted by Gasteiger charge is -2.20. The third-order valence-electron chi connectivity index (χ3n) is 4.14. The van der Waals surface area contributed by atoms with Gasteiger partial charge in [-0.2, -0.15) is 4.98 Å². The fourth-order valence-corrected chi connectivity index (χ4v) is 4.51. The zero-order valence-corrected chi connectivity index (χ0v) is 13.8. The maximum Gasteiger partial charge on any atom is 0.231 e. The molecule has 1 aromatic heterocycles. The summed E-state index contributed by atoms with van der Waals surface area (Å²) in [4.78, 5) is 4.45.